The molecule has 0 aliphatic rings. The van der Waals surface area contributed by atoms with Crippen LogP contribution in [0.1, 0.15) is 21.7 Å². The van der Waals surface area contributed by atoms with Gasteiger partial charge in [0.25, 0.3) is 5.91 Å². The van der Waals surface area contributed by atoms with Gasteiger partial charge in [-0.05, 0) is 55.0 Å². The van der Waals surface area contributed by atoms with Crippen LogP contribution in [0.25, 0.3) is 17.4 Å². The zero-order valence-electron chi connectivity index (χ0n) is 15.6. The number of anilines is 1. The lowest BCUT2D eigenvalue weighted by Crippen LogP contribution is -2.14. The average molecular weight is 441 g/mol. The molecule has 1 amide bonds. The van der Waals surface area contributed by atoms with Gasteiger partial charge in [0.05, 0.1) is 10.6 Å². The maximum absolute atomic E-state index is 12.5. The van der Waals surface area contributed by atoms with Gasteiger partial charge in [0.2, 0.25) is 0 Å². The van der Waals surface area contributed by atoms with Crippen LogP contribution in [0.5, 0.6) is 0 Å². The van der Waals surface area contributed by atoms with E-state index in [0.717, 1.165) is 5.56 Å². The highest BCUT2D eigenvalue weighted by atomic mass is 35.5. The number of aryl methyl sites for hydroxylation is 1. The van der Waals surface area contributed by atoms with Crippen molar-refractivity contribution >= 4 is 46.8 Å². The number of aromatic carboxylic acids is 1. The number of carboxylic acid groups (broad SMARTS) is 1. The van der Waals surface area contributed by atoms with Crippen LogP contribution in [-0.2, 0) is 4.79 Å². The normalized spacial score (nSPS) is 11.1. The molecule has 0 fully saturated rings. The smallest absolute Gasteiger partial charge is 0.335 e. The molecule has 0 bridgehead atoms. The van der Waals surface area contributed by atoms with Gasteiger partial charge in [-0.15, -0.1) is 0 Å². The molecule has 0 aliphatic heterocycles. The number of carbonyl (C=O) groups excluding carboxylic acids is 1. The lowest BCUT2D eigenvalue weighted by molar-refractivity contribution is -0.112. The van der Waals surface area contributed by atoms with Gasteiger partial charge in [-0.2, -0.15) is 5.26 Å². The van der Waals surface area contributed by atoms with E-state index in [9.17, 15) is 14.9 Å². The summed E-state index contributed by atoms with van der Waals surface area (Å²) >= 11 is 12.1. The third kappa shape index (κ3) is 4.71. The van der Waals surface area contributed by atoms with Crippen LogP contribution in [0.4, 0.5) is 5.69 Å². The first-order valence-corrected chi connectivity index (χ1v) is 9.36. The highest BCUT2D eigenvalue weighted by Crippen LogP contribution is 2.31. The molecule has 2 aromatic carbocycles. The van der Waals surface area contributed by atoms with Gasteiger partial charge < -0.3 is 14.8 Å². The summed E-state index contributed by atoms with van der Waals surface area (Å²) in [7, 11) is 0. The Kier molecular flexibility index (Phi) is 6.26. The molecule has 8 heteroatoms. The molecular weight excluding hydrogens is 427 g/mol. The lowest BCUT2D eigenvalue weighted by atomic mass is 10.1. The van der Waals surface area contributed by atoms with Gasteiger partial charge in [-0.3, -0.25) is 4.79 Å². The molecule has 1 heterocycles. The van der Waals surface area contributed by atoms with Crippen LogP contribution >= 0.6 is 23.2 Å². The van der Waals surface area contributed by atoms with E-state index in [1.807, 2.05) is 6.07 Å². The second kappa shape index (κ2) is 8.87. The number of carboxylic acids is 1. The number of amides is 1. The molecule has 2 N–H and O–H groups in total. The fourth-order valence-electron chi connectivity index (χ4n) is 2.63. The lowest BCUT2D eigenvalue weighted by Gasteiger charge is -2.08. The summed E-state index contributed by atoms with van der Waals surface area (Å²) in [5.41, 5.74) is 1.54. The molecule has 0 spiro atoms. The monoisotopic (exact) mass is 440 g/mol. The first-order valence-electron chi connectivity index (χ1n) is 8.61. The highest BCUT2D eigenvalue weighted by molar-refractivity contribution is 6.33. The van der Waals surface area contributed by atoms with Crippen molar-refractivity contribution in [3.63, 3.8) is 0 Å². The number of hydrogen-bond donors (Lipinski definition) is 2. The topological polar surface area (TPSA) is 103 Å². The van der Waals surface area contributed by atoms with Crippen molar-refractivity contribution < 1.29 is 19.1 Å². The number of nitrogens with zero attached hydrogens (tertiary/aromatic N) is 1. The molecule has 0 unspecified atom stereocenters. The Morgan fingerprint density at radius 3 is 2.60 bits per heavy atom. The number of furan rings is 1. The van der Waals surface area contributed by atoms with Crippen molar-refractivity contribution in [3.8, 4) is 17.4 Å². The van der Waals surface area contributed by atoms with Crippen LogP contribution in [0.2, 0.25) is 10.0 Å². The predicted octanol–water partition coefficient (Wildman–Crippen LogP) is 5.81. The Morgan fingerprint density at radius 2 is 1.90 bits per heavy atom. The van der Waals surface area contributed by atoms with Gasteiger partial charge in [0.1, 0.15) is 23.2 Å². The molecule has 0 saturated heterocycles. The number of nitrogens with one attached hydrogen (secondary N) is 1. The van der Waals surface area contributed by atoms with Crippen LogP contribution in [-0.4, -0.2) is 17.0 Å². The van der Waals surface area contributed by atoms with Crippen molar-refractivity contribution in [3.05, 3.63) is 81.0 Å². The predicted molar refractivity (Wildman–Crippen MR) is 115 cm³/mol. The minimum absolute atomic E-state index is 0.0527. The van der Waals surface area contributed by atoms with Gasteiger partial charge in [0.15, 0.2) is 0 Å². The van der Waals surface area contributed by atoms with Crippen molar-refractivity contribution in [2.24, 2.45) is 0 Å². The van der Waals surface area contributed by atoms with Gasteiger partial charge in [-0.25, -0.2) is 4.79 Å². The van der Waals surface area contributed by atoms with E-state index in [2.05, 4.69) is 5.32 Å². The maximum Gasteiger partial charge on any atom is 0.335 e. The quantitative estimate of drug-likeness (QED) is 0.385. The first-order chi connectivity index (χ1) is 14.3. The summed E-state index contributed by atoms with van der Waals surface area (Å²) < 4.78 is 5.65. The SMILES string of the molecule is Cc1ccc(Cl)cc1NC(=O)/C(C#N)=C\c1ccc(-c2cc(C(=O)O)ccc2Cl)o1. The minimum atomic E-state index is -1.10. The summed E-state index contributed by atoms with van der Waals surface area (Å²) in [6.45, 7) is 1.80. The van der Waals surface area contributed by atoms with E-state index in [-0.39, 0.29) is 16.9 Å². The molecule has 0 radical (unpaired) electrons. The van der Waals surface area contributed by atoms with Crippen LogP contribution < -0.4 is 5.32 Å². The first kappa shape index (κ1) is 21.2. The number of benzene rings is 2. The molecule has 3 aromatic rings. The van der Waals surface area contributed by atoms with Gasteiger partial charge in [-0.1, -0.05) is 29.3 Å². The van der Waals surface area contributed by atoms with E-state index in [4.69, 9.17) is 32.7 Å². The summed E-state index contributed by atoms with van der Waals surface area (Å²) in [4.78, 5) is 23.7. The molecule has 0 atom stereocenters. The molecular formula is C22H14Cl2N2O4. The van der Waals surface area contributed by atoms with E-state index < -0.39 is 11.9 Å². The van der Waals surface area contributed by atoms with Crippen LogP contribution in [0, 0.1) is 18.3 Å². The number of rotatable bonds is 5. The van der Waals surface area contributed by atoms with Crippen LogP contribution in [0.3, 0.4) is 0 Å². The molecule has 0 aliphatic carbocycles. The summed E-state index contributed by atoms with van der Waals surface area (Å²) in [6.07, 6.45) is 1.29. The second-order valence-corrected chi connectivity index (χ2v) is 7.13. The minimum Gasteiger partial charge on any atom is -0.478 e. The zero-order valence-corrected chi connectivity index (χ0v) is 17.1. The van der Waals surface area contributed by atoms with Crippen molar-refractivity contribution in [1.82, 2.24) is 0 Å². The number of carbonyl (C=O) groups is 2. The van der Waals surface area contributed by atoms with E-state index in [1.54, 1.807) is 37.3 Å². The highest BCUT2D eigenvalue weighted by Gasteiger charge is 2.15. The van der Waals surface area contributed by atoms with Gasteiger partial charge >= 0.3 is 5.97 Å². The third-order valence-electron chi connectivity index (χ3n) is 4.21. The number of hydrogen-bond acceptors (Lipinski definition) is 4. The standard InChI is InChI=1S/C22H14Cl2N2O4/c1-12-2-4-15(23)10-19(12)26-21(27)14(11-25)8-16-5-7-20(30-16)17-9-13(22(28)29)3-6-18(17)24/h2-10H,1H3,(H,26,27)(H,28,29)/b14-8-. The van der Waals surface area contributed by atoms with Crippen molar-refractivity contribution in [2.75, 3.05) is 5.32 Å². The molecule has 6 nitrogen and oxygen atoms in total. The van der Waals surface area contributed by atoms with E-state index in [1.165, 1.54) is 24.3 Å². The average Bonchev–Trinajstić information content (AvgIpc) is 3.17. The van der Waals surface area contributed by atoms with E-state index in [0.29, 0.717) is 27.1 Å². The molecule has 1 aromatic heterocycles. The Balaban J connectivity index is 1.88. The Labute approximate surface area is 182 Å². The number of halogens is 2. The van der Waals surface area contributed by atoms with Crippen molar-refractivity contribution in [2.45, 2.75) is 6.92 Å². The van der Waals surface area contributed by atoms with Crippen LogP contribution in [0.15, 0.2) is 58.5 Å². The Bertz CT molecular complexity index is 1220. The second-order valence-electron chi connectivity index (χ2n) is 6.28. The molecule has 150 valence electrons. The molecule has 3 rings (SSSR count). The molecule has 30 heavy (non-hydrogen) atoms. The van der Waals surface area contributed by atoms with Crippen molar-refractivity contribution in [1.29, 1.82) is 5.26 Å². The summed E-state index contributed by atoms with van der Waals surface area (Å²) in [5, 5.41) is 21.9. The summed E-state index contributed by atoms with van der Waals surface area (Å²) in [5.74, 6) is -1.18. The molecule has 0 saturated carbocycles. The number of nitriles is 1. The maximum atomic E-state index is 12.5. The third-order valence-corrected chi connectivity index (χ3v) is 4.77. The fraction of sp³-hybridized carbons (Fsp3) is 0.0455. The fourth-order valence-corrected chi connectivity index (χ4v) is 3.01. The Hall–Kier alpha value is -3.53. The zero-order chi connectivity index (χ0) is 21.8. The van der Waals surface area contributed by atoms with E-state index >= 15 is 0 Å². The van der Waals surface area contributed by atoms with Gasteiger partial charge in [0, 0.05) is 22.3 Å². The largest absolute Gasteiger partial charge is 0.478 e. The summed E-state index contributed by atoms with van der Waals surface area (Å²) in [6, 6.07) is 14.2. The Morgan fingerprint density at radius 1 is 1.13 bits per heavy atom.